The minimum Gasteiger partial charge on any atom is -0.322 e. The van der Waals surface area contributed by atoms with Crippen LogP contribution in [0.15, 0.2) is 75.1 Å². The summed E-state index contributed by atoms with van der Waals surface area (Å²) < 4.78 is 3.99. The molecule has 0 spiro atoms. The van der Waals surface area contributed by atoms with Crippen molar-refractivity contribution in [1.82, 2.24) is 14.3 Å². The lowest BCUT2D eigenvalue weighted by Crippen LogP contribution is -2.40. The maximum atomic E-state index is 13.6. The summed E-state index contributed by atoms with van der Waals surface area (Å²) in [5.41, 5.74) is 3.32. The number of rotatable bonds is 5. The third-order valence-electron chi connectivity index (χ3n) is 5.74. The van der Waals surface area contributed by atoms with Gasteiger partial charge in [-0.3, -0.25) is 18.8 Å². The predicted molar refractivity (Wildman–Crippen MR) is 136 cm³/mol. The van der Waals surface area contributed by atoms with E-state index >= 15 is 0 Å². The number of hydrogen-bond acceptors (Lipinski definition) is 6. The van der Waals surface area contributed by atoms with E-state index in [1.54, 1.807) is 10.6 Å². The summed E-state index contributed by atoms with van der Waals surface area (Å²) in [4.78, 5) is 33.3. The molecule has 4 aromatic rings. The highest BCUT2D eigenvalue weighted by molar-refractivity contribution is 7.10. The third-order valence-corrected chi connectivity index (χ3v) is 7.64. The topological polar surface area (TPSA) is 81.3 Å². The molecular weight excluding hydrogens is 466 g/mol. The fraction of sp³-hybridized carbons (Fsp3) is 0.200. The molecule has 0 saturated carbocycles. The standard InChI is InChI=1S/C25H23N5O2S2/c1-4-29-12-11-17(28-29)14-20-24(32)30-22(19-10-7-13-33-19)21(16(3)26-25(30)34-20)23(31)27-18-9-6-5-8-15(18)2/h5-14,22H,4H2,1-3H3,(H,27,31)/b20-14+/t22-/m1/s1. The second kappa shape index (κ2) is 9.00. The number of thiophene rings is 1. The molecule has 3 aromatic heterocycles. The maximum Gasteiger partial charge on any atom is 0.271 e. The van der Waals surface area contributed by atoms with Crippen LogP contribution in [-0.4, -0.2) is 20.3 Å². The van der Waals surface area contributed by atoms with Crippen molar-refractivity contribution in [3.8, 4) is 0 Å². The average molecular weight is 490 g/mol. The van der Waals surface area contributed by atoms with Crippen molar-refractivity contribution in [2.75, 3.05) is 5.32 Å². The molecule has 1 aliphatic heterocycles. The number of carbonyl (C=O) groups excluding carboxylic acids is 1. The first-order valence-corrected chi connectivity index (χ1v) is 12.6. The molecule has 0 bridgehead atoms. The van der Waals surface area contributed by atoms with Crippen molar-refractivity contribution >= 4 is 40.3 Å². The van der Waals surface area contributed by atoms with Gasteiger partial charge >= 0.3 is 0 Å². The first kappa shape index (κ1) is 22.2. The zero-order valence-electron chi connectivity index (χ0n) is 19.0. The molecule has 0 radical (unpaired) electrons. The van der Waals surface area contributed by atoms with E-state index in [2.05, 4.69) is 15.4 Å². The van der Waals surface area contributed by atoms with Crippen molar-refractivity contribution < 1.29 is 4.79 Å². The highest BCUT2D eigenvalue weighted by Gasteiger charge is 2.33. The fourth-order valence-corrected chi connectivity index (χ4v) is 5.85. The summed E-state index contributed by atoms with van der Waals surface area (Å²) in [6.07, 6.45) is 3.67. The van der Waals surface area contributed by atoms with Gasteiger partial charge in [-0.15, -0.1) is 11.3 Å². The zero-order valence-corrected chi connectivity index (χ0v) is 20.6. The lowest BCUT2D eigenvalue weighted by Gasteiger charge is -2.24. The number of benzene rings is 1. The molecule has 34 heavy (non-hydrogen) atoms. The maximum absolute atomic E-state index is 13.6. The van der Waals surface area contributed by atoms with Gasteiger partial charge in [-0.05, 0) is 56.0 Å². The molecule has 9 heteroatoms. The van der Waals surface area contributed by atoms with E-state index in [9.17, 15) is 9.59 Å². The molecule has 0 aliphatic carbocycles. The summed E-state index contributed by atoms with van der Waals surface area (Å²) in [6.45, 7) is 6.54. The van der Waals surface area contributed by atoms with E-state index in [1.807, 2.05) is 79.5 Å². The largest absolute Gasteiger partial charge is 0.322 e. The van der Waals surface area contributed by atoms with Gasteiger partial charge < -0.3 is 5.32 Å². The Morgan fingerprint density at radius 2 is 2.00 bits per heavy atom. The summed E-state index contributed by atoms with van der Waals surface area (Å²) in [5.74, 6) is -0.259. The van der Waals surface area contributed by atoms with Crippen LogP contribution in [0.3, 0.4) is 0 Å². The van der Waals surface area contributed by atoms with Crippen molar-refractivity contribution in [2.24, 2.45) is 4.99 Å². The van der Waals surface area contributed by atoms with Crippen LogP contribution < -0.4 is 20.2 Å². The minimum absolute atomic E-state index is 0.179. The number of anilines is 1. The Labute approximate surface area is 204 Å². The number of thiazole rings is 1. The lowest BCUT2D eigenvalue weighted by molar-refractivity contribution is -0.113. The number of nitrogens with zero attached hydrogens (tertiary/aromatic N) is 4. The number of aromatic nitrogens is 3. The summed E-state index contributed by atoms with van der Waals surface area (Å²) in [6, 6.07) is 12.8. The quantitative estimate of drug-likeness (QED) is 0.466. The van der Waals surface area contributed by atoms with E-state index in [1.165, 1.54) is 22.7 Å². The average Bonchev–Trinajstić information content (AvgIpc) is 3.56. The van der Waals surface area contributed by atoms with Gasteiger partial charge in [0.25, 0.3) is 11.5 Å². The Kier molecular flexibility index (Phi) is 5.89. The lowest BCUT2D eigenvalue weighted by atomic mass is 10.0. The summed E-state index contributed by atoms with van der Waals surface area (Å²) in [7, 11) is 0. The first-order valence-electron chi connectivity index (χ1n) is 10.9. The van der Waals surface area contributed by atoms with Gasteiger partial charge in [0.05, 0.1) is 21.5 Å². The van der Waals surface area contributed by atoms with E-state index in [0.717, 1.165) is 22.7 Å². The number of fused-ring (bicyclic) bond motifs is 1. The van der Waals surface area contributed by atoms with Crippen LogP contribution >= 0.6 is 22.7 Å². The number of allylic oxidation sites excluding steroid dienone is 1. The monoisotopic (exact) mass is 489 g/mol. The van der Waals surface area contributed by atoms with Crippen LogP contribution in [0.4, 0.5) is 5.69 Å². The Balaban J connectivity index is 1.64. The van der Waals surface area contributed by atoms with Crippen LogP contribution in [0.5, 0.6) is 0 Å². The molecule has 1 aromatic carbocycles. The van der Waals surface area contributed by atoms with Gasteiger partial charge in [0.1, 0.15) is 6.04 Å². The molecule has 1 N–H and O–H groups in total. The highest BCUT2D eigenvalue weighted by Crippen LogP contribution is 2.33. The highest BCUT2D eigenvalue weighted by atomic mass is 32.1. The summed E-state index contributed by atoms with van der Waals surface area (Å²) >= 11 is 2.83. The van der Waals surface area contributed by atoms with Gasteiger partial charge in [0, 0.05) is 23.3 Å². The SMILES string of the molecule is CCn1ccc(/C=c2/sc3n(c2=O)[C@H](c2cccs2)C(C(=O)Nc2ccccc2C)=C(C)N=3)n1. The smallest absolute Gasteiger partial charge is 0.271 e. The fourth-order valence-electron chi connectivity index (χ4n) is 4.00. The molecule has 1 aliphatic rings. The van der Waals surface area contributed by atoms with E-state index in [0.29, 0.717) is 26.3 Å². The van der Waals surface area contributed by atoms with E-state index in [-0.39, 0.29) is 11.5 Å². The Morgan fingerprint density at radius 1 is 1.18 bits per heavy atom. The van der Waals surface area contributed by atoms with Gasteiger partial charge in [-0.1, -0.05) is 35.6 Å². The Hall–Kier alpha value is -3.56. The molecule has 4 heterocycles. The normalized spacial score (nSPS) is 15.9. The first-order chi connectivity index (χ1) is 16.5. The van der Waals surface area contributed by atoms with Crippen molar-refractivity contribution in [3.63, 3.8) is 0 Å². The van der Waals surface area contributed by atoms with Crippen LogP contribution in [0.1, 0.15) is 36.0 Å². The second-order valence-corrected chi connectivity index (χ2v) is 9.95. The molecule has 5 rings (SSSR count). The molecule has 0 unspecified atom stereocenters. The van der Waals surface area contributed by atoms with Gasteiger partial charge in [0.15, 0.2) is 4.80 Å². The molecule has 7 nitrogen and oxygen atoms in total. The number of aryl methyl sites for hydroxylation is 2. The molecule has 1 atom stereocenters. The second-order valence-electron chi connectivity index (χ2n) is 7.96. The van der Waals surface area contributed by atoms with Crippen LogP contribution in [-0.2, 0) is 11.3 Å². The summed E-state index contributed by atoms with van der Waals surface area (Å²) in [5, 5.41) is 9.45. The van der Waals surface area contributed by atoms with Crippen molar-refractivity contribution in [1.29, 1.82) is 0 Å². The Morgan fingerprint density at radius 3 is 2.71 bits per heavy atom. The van der Waals surface area contributed by atoms with Crippen molar-refractivity contribution in [2.45, 2.75) is 33.4 Å². The van der Waals surface area contributed by atoms with Crippen LogP contribution in [0.25, 0.3) is 6.08 Å². The molecule has 0 saturated heterocycles. The molecule has 172 valence electrons. The van der Waals surface area contributed by atoms with Crippen molar-refractivity contribution in [3.05, 3.63) is 101 Å². The molecule has 0 fully saturated rings. The minimum atomic E-state index is -0.546. The molecular formula is C25H23N5O2S2. The van der Waals surface area contributed by atoms with Crippen LogP contribution in [0, 0.1) is 6.92 Å². The van der Waals surface area contributed by atoms with Gasteiger partial charge in [0.2, 0.25) is 0 Å². The van der Waals surface area contributed by atoms with Crippen LogP contribution in [0.2, 0.25) is 0 Å². The zero-order chi connectivity index (χ0) is 23.8. The third kappa shape index (κ3) is 3.97. The van der Waals surface area contributed by atoms with Gasteiger partial charge in [-0.2, -0.15) is 5.10 Å². The number of nitrogens with one attached hydrogen (secondary N) is 1. The Bertz CT molecular complexity index is 1590. The number of carbonyl (C=O) groups is 1. The van der Waals surface area contributed by atoms with E-state index < -0.39 is 6.04 Å². The number of amides is 1. The predicted octanol–water partition coefficient (Wildman–Crippen LogP) is 3.46. The van der Waals surface area contributed by atoms with Gasteiger partial charge in [-0.25, -0.2) is 4.99 Å². The number of para-hydroxylation sites is 1. The van der Waals surface area contributed by atoms with E-state index in [4.69, 9.17) is 0 Å². The molecule has 1 amide bonds. The number of hydrogen-bond donors (Lipinski definition) is 1.